The normalized spacial score (nSPS) is 12.2. The van der Waals surface area contributed by atoms with Crippen molar-refractivity contribution in [2.75, 3.05) is 5.75 Å². The molecule has 4 heteroatoms. The number of nitrogens with zero attached hydrogens (tertiary/aromatic N) is 2. The molecule has 1 heterocycles. The van der Waals surface area contributed by atoms with E-state index in [0.29, 0.717) is 5.75 Å². The Hall–Kier alpha value is -1.00. The van der Waals surface area contributed by atoms with Crippen LogP contribution in [0.4, 0.5) is 0 Å². The van der Waals surface area contributed by atoms with Gasteiger partial charge in [-0.25, -0.2) is 4.98 Å². The number of aryl methyl sites for hydroxylation is 1. The number of imidazole rings is 1. The molecule has 0 unspecified atom stereocenters. The number of rotatable bonds is 4. The van der Waals surface area contributed by atoms with Crippen LogP contribution in [0.2, 0.25) is 0 Å². The lowest BCUT2D eigenvalue weighted by atomic mass is 10.2. The van der Waals surface area contributed by atoms with E-state index in [0.717, 1.165) is 22.7 Å². The van der Waals surface area contributed by atoms with Gasteiger partial charge < -0.3 is 9.67 Å². The highest BCUT2D eigenvalue weighted by molar-refractivity contribution is 7.99. The van der Waals surface area contributed by atoms with Crippen molar-refractivity contribution in [1.82, 2.24) is 9.55 Å². The maximum absolute atomic E-state index is 9.76. The third-order valence-electron chi connectivity index (χ3n) is 2.49. The van der Waals surface area contributed by atoms with E-state index in [9.17, 15) is 5.11 Å². The first-order chi connectivity index (χ1) is 8.01. The van der Waals surface area contributed by atoms with Crippen LogP contribution in [0.3, 0.4) is 0 Å². The summed E-state index contributed by atoms with van der Waals surface area (Å²) in [5.74, 6) is 0.649. The highest BCUT2D eigenvalue weighted by Gasteiger charge is 2.16. The molecule has 0 aliphatic rings. The van der Waals surface area contributed by atoms with E-state index in [1.54, 1.807) is 11.8 Å². The Bertz CT molecular complexity index is 514. The standard InChI is InChI=1S/C13H18N2OS/c1-4-15-11-8-6-5-7-10(11)14-12(15)17-9-13(2,3)16/h5-8,16H,4,9H2,1-3H3. The molecule has 1 N–H and O–H groups in total. The van der Waals surface area contributed by atoms with Gasteiger partial charge in [0.05, 0.1) is 16.6 Å². The van der Waals surface area contributed by atoms with Crippen molar-refractivity contribution in [2.45, 2.75) is 38.1 Å². The molecule has 1 aromatic heterocycles. The van der Waals surface area contributed by atoms with Gasteiger partial charge in [-0.05, 0) is 32.9 Å². The van der Waals surface area contributed by atoms with Gasteiger partial charge in [0.25, 0.3) is 0 Å². The number of benzene rings is 1. The predicted octanol–water partition coefficient (Wildman–Crippen LogP) is 2.92. The lowest BCUT2D eigenvalue weighted by molar-refractivity contribution is 0.107. The quantitative estimate of drug-likeness (QED) is 0.848. The molecular weight excluding hydrogens is 232 g/mol. The van der Waals surface area contributed by atoms with Crippen molar-refractivity contribution < 1.29 is 5.11 Å². The summed E-state index contributed by atoms with van der Waals surface area (Å²) in [7, 11) is 0. The number of aromatic nitrogens is 2. The Balaban J connectivity index is 2.33. The SMILES string of the molecule is CCn1c(SCC(C)(C)O)nc2ccccc21. The Morgan fingerprint density at radius 1 is 1.35 bits per heavy atom. The first-order valence-electron chi connectivity index (χ1n) is 5.82. The Morgan fingerprint density at radius 2 is 2.06 bits per heavy atom. The van der Waals surface area contributed by atoms with Crippen molar-refractivity contribution in [3.63, 3.8) is 0 Å². The number of hydrogen-bond acceptors (Lipinski definition) is 3. The van der Waals surface area contributed by atoms with Gasteiger partial charge in [0.2, 0.25) is 0 Å². The fraction of sp³-hybridized carbons (Fsp3) is 0.462. The van der Waals surface area contributed by atoms with Crippen LogP contribution in [0.5, 0.6) is 0 Å². The van der Waals surface area contributed by atoms with Gasteiger partial charge >= 0.3 is 0 Å². The van der Waals surface area contributed by atoms with Crippen molar-refractivity contribution in [3.05, 3.63) is 24.3 Å². The molecule has 0 radical (unpaired) electrons. The molecule has 0 bridgehead atoms. The van der Waals surface area contributed by atoms with E-state index in [1.807, 2.05) is 32.0 Å². The zero-order valence-electron chi connectivity index (χ0n) is 10.5. The highest BCUT2D eigenvalue weighted by atomic mass is 32.2. The Kier molecular flexibility index (Phi) is 3.45. The van der Waals surface area contributed by atoms with Crippen LogP contribution in [-0.2, 0) is 6.54 Å². The number of para-hydroxylation sites is 2. The summed E-state index contributed by atoms with van der Waals surface area (Å²) in [4.78, 5) is 4.60. The first kappa shape index (κ1) is 12.5. The summed E-state index contributed by atoms with van der Waals surface area (Å²) in [6, 6.07) is 8.13. The molecule has 92 valence electrons. The molecule has 2 rings (SSSR count). The van der Waals surface area contributed by atoms with Crippen molar-refractivity contribution >= 4 is 22.8 Å². The maximum Gasteiger partial charge on any atom is 0.169 e. The lowest BCUT2D eigenvalue weighted by Crippen LogP contribution is -2.22. The average Bonchev–Trinajstić information content (AvgIpc) is 2.63. The monoisotopic (exact) mass is 250 g/mol. The number of aliphatic hydroxyl groups is 1. The molecule has 2 aromatic rings. The second-order valence-electron chi connectivity index (χ2n) is 4.73. The molecule has 0 saturated heterocycles. The fourth-order valence-corrected chi connectivity index (χ4v) is 2.74. The Labute approximate surface area is 106 Å². The van der Waals surface area contributed by atoms with Crippen LogP contribution in [0.15, 0.2) is 29.4 Å². The molecule has 0 spiro atoms. The summed E-state index contributed by atoms with van der Waals surface area (Å²) in [6.07, 6.45) is 0. The minimum Gasteiger partial charge on any atom is -0.390 e. The maximum atomic E-state index is 9.76. The predicted molar refractivity (Wildman–Crippen MR) is 72.4 cm³/mol. The van der Waals surface area contributed by atoms with Gasteiger partial charge in [0.15, 0.2) is 5.16 Å². The van der Waals surface area contributed by atoms with Crippen molar-refractivity contribution in [2.24, 2.45) is 0 Å². The molecule has 0 fully saturated rings. The van der Waals surface area contributed by atoms with E-state index in [2.05, 4.69) is 22.5 Å². The Morgan fingerprint density at radius 3 is 2.71 bits per heavy atom. The summed E-state index contributed by atoms with van der Waals surface area (Å²) in [6.45, 7) is 6.65. The molecule has 0 amide bonds. The summed E-state index contributed by atoms with van der Waals surface area (Å²) in [5.41, 5.74) is 1.52. The number of hydrogen-bond donors (Lipinski definition) is 1. The van der Waals surface area contributed by atoms with Crippen LogP contribution in [-0.4, -0.2) is 26.0 Å². The van der Waals surface area contributed by atoms with Crippen LogP contribution in [0, 0.1) is 0 Å². The average molecular weight is 250 g/mol. The largest absolute Gasteiger partial charge is 0.390 e. The van der Waals surface area contributed by atoms with Crippen molar-refractivity contribution in [1.29, 1.82) is 0 Å². The zero-order valence-corrected chi connectivity index (χ0v) is 11.3. The first-order valence-corrected chi connectivity index (χ1v) is 6.80. The van der Waals surface area contributed by atoms with E-state index < -0.39 is 5.60 Å². The third-order valence-corrected chi connectivity index (χ3v) is 3.91. The van der Waals surface area contributed by atoms with Crippen LogP contribution in [0.25, 0.3) is 11.0 Å². The molecule has 0 aliphatic heterocycles. The second kappa shape index (κ2) is 4.70. The van der Waals surface area contributed by atoms with Gasteiger partial charge in [-0.3, -0.25) is 0 Å². The van der Waals surface area contributed by atoms with E-state index in [1.165, 1.54) is 0 Å². The number of fused-ring (bicyclic) bond motifs is 1. The molecule has 0 aliphatic carbocycles. The third kappa shape index (κ3) is 2.82. The minimum absolute atomic E-state index is 0.649. The molecular formula is C13H18N2OS. The summed E-state index contributed by atoms with van der Waals surface area (Å²) >= 11 is 1.61. The topological polar surface area (TPSA) is 38.0 Å². The summed E-state index contributed by atoms with van der Waals surface area (Å²) < 4.78 is 2.19. The minimum atomic E-state index is -0.665. The number of thioether (sulfide) groups is 1. The summed E-state index contributed by atoms with van der Waals surface area (Å²) in [5, 5.41) is 10.7. The molecule has 0 atom stereocenters. The van der Waals surface area contributed by atoms with E-state index in [-0.39, 0.29) is 0 Å². The molecule has 0 saturated carbocycles. The van der Waals surface area contributed by atoms with Gasteiger partial charge in [0.1, 0.15) is 0 Å². The van der Waals surface area contributed by atoms with Gasteiger partial charge in [-0.1, -0.05) is 23.9 Å². The smallest absolute Gasteiger partial charge is 0.169 e. The van der Waals surface area contributed by atoms with Crippen LogP contribution >= 0.6 is 11.8 Å². The lowest BCUT2D eigenvalue weighted by Gasteiger charge is -2.16. The molecule has 1 aromatic carbocycles. The zero-order chi connectivity index (χ0) is 12.5. The van der Waals surface area contributed by atoms with E-state index >= 15 is 0 Å². The van der Waals surface area contributed by atoms with Gasteiger partial charge in [-0.2, -0.15) is 0 Å². The molecule has 17 heavy (non-hydrogen) atoms. The van der Waals surface area contributed by atoms with Gasteiger partial charge in [0, 0.05) is 12.3 Å². The molecule has 3 nitrogen and oxygen atoms in total. The van der Waals surface area contributed by atoms with Crippen molar-refractivity contribution in [3.8, 4) is 0 Å². The van der Waals surface area contributed by atoms with Crippen LogP contribution < -0.4 is 0 Å². The fourth-order valence-electron chi connectivity index (χ4n) is 1.71. The highest BCUT2D eigenvalue weighted by Crippen LogP contribution is 2.26. The van der Waals surface area contributed by atoms with E-state index in [4.69, 9.17) is 0 Å². The van der Waals surface area contributed by atoms with Crippen LogP contribution in [0.1, 0.15) is 20.8 Å². The van der Waals surface area contributed by atoms with Gasteiger partial charge in [-0.15, -0.1) is 0 Å². The second-order valence-corrected chi connectivity index (χ2v) is 5.67.